The number of halogens is 3. The quantitative estimate of drug-likeness (QED) is 0.738. The molecule has 0 unspecified atom stereocenters. The van der Waals surface area contributed by atoms with Crippen LogP contribution < -0.4 is 5.32 Å². The maximum Gasteiger partial charge on any atom is 0.390 e. The molecule has 0 aliphatic carbocycles. The van der Waals surface area contributed by atoms with E-state index in [4.69, 9.17) is 0 Å². The SMILES string of the molecule is CCCNCc1csc(S(=O)(=O)N(C)CCC(F)(F)F)c1. The van der Waals surface area contributed by atoms with Gasteiger partial charge < -0.3 is 5.32 Å². The van der Waals surface area contributed by atoms with E-state index < -0.39 is 29.2 Å². The highest BCUT2D eigenvalue weighted by molar-refractivity contribution is 7.91. The van der Waals surface area contributed by atoms with Gasteiger partial charge in [-0.05, 0) is 30.0 Å². The van der Waals surface area contributed by atoms with Crippen molar-refractivity contribution in [3.8, 4) is 0 Å². The van der Waals surface area contributed by atoms with Crippen LogP contribution in [0.15, 0.2) is 15.7 Å². The Hall–Kier alpha value is -0.640. The molecule has 0 fully saturated rings. The molecule has 0 saturated carbocycles. The third-order valence-corrected chi connectivity index (χ3v) is 6.08. The molecule has 1 N–H and O–H groups in total. The van der Waals surface area contributed by atoms with Crippen molar-refractivity contribution in [1.29, 1.82) is 0 Å². The zero-order chi connectivity index (χ0) is 16.1. The Morgan fingerprint density at radius 1 is 1.38 bits per heavy atom. The summed E-state index contributed by atoms with van der Waals surface area (Å²) in [5.74, 6) is 0. The van der Waals surface area contributed by atoms with E-state index in [1.165, 1.54) is 6.07 Å². The zero-order valence-electron chi connectivity index (χ0n) is 11.9. The van der Waals surface area contributed by atoms with E-state index in [0.29, 0.717) is 6.54 Å². The molecule has 0 aromatic carbocycles. The average molecular weight is 344 g/mol. The number of nitrogens with one attached hydrogen (secondary N) is 1. The van der Waals surface area contributed by atoms with Gasteiger partial charge in [-0.2, -0.15) is 17.5 Å². The highest BCUT2D eigenvalue weighted by Gasteiger charge is 2.30. The van der Waals surface area contributed by atoms with Crippen LogP contribution in [0.1, 0.15) is 25.3 Å². The van der Waals surface area contributed by atoms with E-state index in [9.17, 15) is 21.6 Å². The lowest BCUT2D eigenvalue weighted by Gasteiger charge is -2.16. The molecule has 0 saturated heterocycles. The summed E-state index contributed by atoms with van der Waals surface area (Å²) in [4.78, 5) is 0. The van der Waals surface area contributed by atoms with Gasteiger partial charge >= 0.3 is 6.18 Å². The summed E-state index contributed by atoms with van der Waals surface area (Å²) < 4.78 is 61.6. The summed E-state index contributed by atoms with van der Waals surface area (Å²) in [6.45, 7) is 2.81. The number of nitrogens with zero attached hydrogens (tertiary/aromatic N) is 1. The van der Waals surface area contributed by atoms with E-state index in [2.05, 4.69) is 5.32 Å². The molecule has 0 atom stereocenters. The number of rotatable bonds is 8. The van der Waals surface area contributed by atoms with Gasteiger partial charge in [0.25, 0.3) is 10.0 Å². The molecular formula is C12H19F3N2O2S2. The Bertz CT molecular complexity index is 541. The van der Waals surface area contributed by atoms with Gasteiger partial charge in [0.2, 0.25) is 0 Å². The normalized spacial score (nSPS) is 13.0. The zero-order valence-corrected chi connectivity index (χ0v) is 13.5. The van der Waals surface area contributed by atoms with Crippen molar-refractivity contribution in [3.05, 3.63) is 17.0 Å². The van der Waals surface area contributed by atoms with Gasteiger partial charge in [0.15, 0.2) is 0 Å². The fourth-order valence-electron chi connectivity index (χ4n) is 1.55. The van der Waals surface area contributed by atoms with Gasteiger partial charge in [0.1, 0.15) is 4.21 Å². The number of thiophene rings is 1. The van der Waals surface area contributed by atoms with Crippen LogP contribution in [0.3, 0.4) is 0 Å². The Morgan fingerprint density at radius 3 is 2.62 bits per heavy atom. The minimum Gasteiger partial charge on any atom is -0.313 e. The predicted molar refractivity (Wildman–Crippen MR) is 76.8 cm³/mol. The Kier molecular flexibility index (Phi) is 6.64. The van der Waals surface area contributed by atoms with Crippen LogP contribution in [0.4, 0.5) is 13.2 Å². The van der Waals surface area contributed by atoms with E-state index in [1.807, 2.05) is 6.92 Å². The molecule has 0 spiro atoms. The summed E-state index contributed by atoms with van der Waals surface area (Å²) in [6, 6.07) is 1.51. The van der Waals surface area contributed by atoms with Crippen LogP contribution >= 0.6 is 11.3 Å². The number of sulfonamides is 1. The fraction of sp³-hybridized carbons (Fsp3) is 0.667. The van der Waals surface area contributed by atoms with Crippen molar-refractivity contribution in [1.82, 2.24) is 9.62 Å². The fourth-order valence-corrected chi connectivity index (χ4v) is 4.14. The maximum atomic E-state index is 12.2. The molecule has 9 heteroatoms. The molecule has 0 aliphatic heterocycles. The van der Waals surface area contributed by atoms with Gasteiger partial charge in [-0.1, -0.05) is 6.92 Å². The van der Waals surface area contributed by atoms with Crippen molar-refractivity contribution in [2.24, 2.45) is 0 Å². The number of hydrogen-bond donors (Lipinski definition) is 1. The molecule has 1 aromatic rings. The van der Waals surface area contributed by atoms with Crippen LogP contribution in [-0.2, 0) is 16.6 Å². The van der Waals surface area contributed by atoms with Crippen molar-refractivity contribution >= 4 is 21.4 Å². The predicted octanol–water partition coefficient (Wildman–Crippen LogP) is 2.82. The largest absolute Gasteiger partial charge is 0.390 e. The molecule has 4 nitrogen and oxygen atoms in total. The van der Waals surface area contributed by atoms with Crippen molar-refractivity contribution in [2.75, 3.05) is 20.1 Å². The summed E-state index contributed by atoms with van der Waals surface area (Å²) in [5, 5.41) is 4.84. The Morgan fingerprint density at radius 2 is 2.05 bits per heavy atom. The van der Waals surface area contributed by atoms with Crippen molar-refractivity contribution < 1.29 is 21.6 Å². The number of alkyl halides is 3. The summed E-state index contributed by atoms with van der Waals surface area (Å²) in [5.41, 5.74) is 0.816. The van der Waals surface area contributed by atoms with Crippen LogP contribution in [0, 0.1) is 0 Å². The number of hydrogen-bond acceptors (Lipinski definition) is 4. The Balaban J connectivity index is 2.69. The first-order valence-corrected chi connectivity index (χ1v) is 8.80. The minimum atomic E-state index is -4.37. The lowest BCUT2D eigenvalue weighted by molar-refractivity contribution is -0.135. The molecule has 0 aliphatic rings. The molecule has 122 valence electrons. The molecule has 21 heavy (non-hydrogen) atoms. The Labute approximate surface area is 127 Å². The van der Waals surface area contributed by atoms with Crippen LogP contribution in [-0.4, -0.2) is 39.0 Å². The van der Waals surface area contributed by atoms with Crippen LogP contribution in [0.5, 0.6) is 0 Å². The topological polar surface area (TPSA) is 49.4 Å². The third kappa shape index (κ3) is 5.93. The van der Waals surface area contributed by atoms with E-state index in [0.717, 1.165) is 41.2 Å². The van der Waals surface area contributed by atoms with Gasteiger partial charge in [-0.25, -0.2) is 8.42 Å². The second kappa shape index (κ2) is 7.57. The maximum absolute atomic E-state index is 12.2. The smallest absolute Gasteiger partial charge is 0.313 e. The van der Waals surface area contributed by atoms with Gasteiger partial charge in [-0.3, -0.25) is 0 Å². The van der Waals surface area contributed by atoms with Gasteiger partial charge in [0, 0.05) is 20.1 Å². The molecular weight excluding hydrogens is 325 g/mol. The summed E-state index contributed by atoms with van der Waals surface area (Å²) >= 11 is 1.03. The van der Waals surface area contributed by atoms with Gasteiger partial charge in [0.05, 0.1) is 6.42 Å². The molecule has 1 aromatic heterocycles. The van der Waals surface area contributed by atoms with E-state index >= 15 is 0 Å². The highest BCUT2D eigenvalue weighted by atomic mass is 32.2. The van der Waals surface area contributed by atoms with E-state index in [-0.39, 0.29) is 4.21 Å². The molecule has 0 amide bonds. The standard InChI is InChI=1S/C12H19F3N2O2S2/c1-3-5-16-8-10-7-11(20-9-10)21(18,19)17(2)6-4-12(13,14)15/h7,9,16H,3-6,8H2,1-2H3. The second-order valence-electron chi connectivity index (χ2n) is 4.64. The lowest BCUT2D eigenvalue weighted by Crippen LogP contribution is -2.30. The third-order valence-electron chi connectivity index (χ3n) is 2.76. The average Bonchev–Trinajstić information content (AvgIpc) is 2.84. The van der Waals surface area contributed by atoms with Gasteiger partial charge in [-0.15, -0.1) is 11.3 Å². The lowest BCUT2D eigenvalue weighted by atomic mass is 10.3. The first kappa shape index (κ1) is 18.4. The molecule has 1 heterocycles. The van der Waals surface area contributed by atoms with Crippen molar-refractivity contribution in [2.45, 2.75) is 36.7 Å². The molecule has 0 radical (unpaired) electrons. The summed E-state index contributed by atoms with van der Waals surface area (Å²) in [7, 11) is -2.68. The molecule has 1 rings (SSSR count). The molecule has 0 bridgehead atoms. The summed E-state index contributed by atoms with van der Waals surface area (Å²) in [6.07, 6.45) is -4.55. The van der Waals surface area contributed by atoms with Crippen LogP contribution in [0.25, 0.3) is 0 Å². The monoisotopic (exact) mass is 344 g/mol. The first-order chi connectivity index (χ1) is 9.66. The highest BCUT2D eigenvalue weighted by Crippen LogP contribution is 2.25. The first-order valence-electron chi connectivity index (χ1n) is 6.48. The minimum absolute atomic E-state index is 0.0699. The van der Waals surface area contributed by atoms with E-state index in [1.54, 1.807) is 5.38 Å². The van der Waals surface area contributed by atoms with Crippen LogP contribution in [0.2, 0.25) is 0 Å². The second-order valence-corrected chi connectivity index (χ2v) is 7.83. The van der Waals surface area contributed by atoms with Crippen molar-refractivity contribution in [3.63, 3.8) is 0 Å².